The first-order valence-electron chi connectivity index (χ1n) is 5.76. The van der Waals surface area contributed by atoms with Gasteiger partial charge in [-0.3, -0.25) is 4.98 Å². The van der Waals surface area contributed by atoms with Crippen molar-refractivity contribution in [3.8, 4) is 0 Å². The summed E-state index contributed by atoms with van der Waals surface area (Å²) in [6, 6.07) is 5.70. The van der Waals surface area contributed by atoms with Crippen LogP contribution in [0.1, 0.15) is 13.3 Å². The van der Waals surface area contributed by atoms with Crippen LogP contribution in [0.3, 0.4) is 0 Å². The zero-order valence-corrected chi connectivity index (χ0v) is 11.1. The Morgan fingerprint density at radius 2 is 2.22 bits per heavy atom. The van der Waals surface area contributed by atoms with Gasteiger partial charge in [-0.25, -0.2) is 4.98 Å². The van der Waals surface area contributed by atoms with E-state index < -0.39 is 0 Å². The van der Waals surface area contributed by atoms with E-state index in [-0.39, 0.29) is 6.04 Å². The highest BCUT2D eigenvalue weighted by molar-refractivity contribution is 6.31. The van der Waals surface area contributed by atoms with Gasteiger partial charge in [-0.05, 0) is 31.3 Å². The van der Waals surface area contributed by atoms with Crippen molar-refractivity contribution in [2.75, 3.05) is 11.9 Å². The molecule has 18 heavy (non-hydrogen) atoms. The van der Waals surface area contributed by atoms with Crippen LogP contribution in [0.4, 0.5) is 5.82 Å². The van der Waals surface area contributed by atoms with Gasteiger partial charge < -0.3 is 10.3 Å². The van der Waals surface area contributed by atoms with E-state index in [2.05, 4.69) is 16.9 Å². The fourth-order valence-electron chi connectivity index (χ4n) is 1.70. The predicted octanol–water partition coefficient (Wildman–Crippen LogP) is 3.15. The van der Waals surface area contributed by atoms with Crippen LogP contribution in [0.15, 0.2) is 24.4 Å². The highest BCUT2D eigenvalue weighted by Crippen LogP contribution is 2.19. The molecule has 2 rings (SSSR count). The van der Waals surface area contributed by atoms with Crippen LogP contribution in [0, 0.1) is 5.41 Å². The van der Waals surface area contributed by atoms with Crippen LogP contribution >= 0.6 is 11.6 Å². The fraction of sp³-hybridized carbons (Fsp3) is 0.308. The minimum atomic E-state index is 0.224. The lowest BCUT2D eigenvalue weighted by molar-refractivity contribution is 0.708. The Bertz CT molecular complexity index is 570. The largest absolute Gasteiger partial charge is 0.355 e. The molecule has 0 amide bonds. The number of benzene rings is 1. The van der Waals surface area contributed by atoms with Crippen molar-refractivity contribution >= 4 is 34.7 Å². The average Bonchev–Trinajstić information content (AvgIpc) is 2.37. The highest BCUT2D eigenvalue weighted by atomic mass is 35.5. The van der Waals surface area contributed by atoms with Crippen molar-refractivity contribution < 1.29 is 0 Å². The number of nitrogens with one attached hydrogen (secondary N) is 1. The smallest absolute Gasteiger partial charge is 0.147 e. The SMILES string of the molecule is C[C@H](CC=N)N(C)c1cnc2cc(Cl)ccc2n1. The summed E-state index contributed by atoms with van der Waals surface area (Å²) in [5, 5.41) is 7.80. The first kappa shape index (κ1) is 12.8. The Hall–Kier alpha value is -1.68. The van der Waals surface area contributed by atoms with Gasteiger partial charge in [0, 0.05) is 24.5 Å². The van der Waals surface area contributed by atoms with Crippen molar-refractivity contribution in [3.05, 3.63) is 29.4 Å². The van der Waals surface area contributed by atoms with Gasteiger partial charge in [-0.2, -0.15) is 0 Å². The van der Waals surface area contributed by atoms with E-state index in [1.807, 2.05) is 24.1 Å². The molecule has 0 saturated carbocycles. The molecular formula is C13H15ClN4. The van der Waals surface area contributed by atoms with E-state index in [9.17, 15) is 0 Å². The molecule has 4 nitrogen and oxygen atoms in total. The van der Waals surface area contributed by atoms with E-state index in [1.165, 1.54) is 6.21 Å². The summed E-state index contributed by atoms with van der Waals surface area (Å²) in [6.45, 7) is 2.05. The fourth-order valence-corrected chi connectivity index (χ4v) is 1.86. The Balaban J connectivity index is 2.35. The molecule has 94 valence electrons. The lowest BCUT2D eigenvalue weighted by Crippen LogP contribution is -2.29. The number of nitrogens with zero attached hydrogens (tertiary/aromatic N) is 3. The lowest BCUT2D eigenvalue weighted by Gasteiger charge is -2.24. The number of hydrogen-bond acceptors (Lipinski definition) is 4. The third-order valence-electron chi connectivity index (χ3n) is 2.97. The van der Waals surface area contributed by atoms with Crippen molar-refractivity contribution in [1.82, 2.24) is 9.97 Å². The number of fused-ring (bicyclic) bond motifs is 1. The van der Waals surface area contributed by atoms with Gasteiger partial charge in [-0.1, -0.05) is 11.6 Å². The molecule has 1 heterocycles. The van der Waals surface area contributed by atoms with Gasteiger partial charge in [0.05, 0.1) is 17.2 Å². The summed E-state index contributed by atoms with van der Waals surface area (Å²) >= 11 is 5.91. The standard InChI is InChI=1S/C13H15ClN4/c1-9(5-6-15)18(2)13-8-16-12-7-10(14)3-4-11(12)17-13/h3-4,6-9,15H,5H2,1-2H3/t9-/m1/s1. The molecule has 0 saturated heterocycles. The van der Waals surface area contributed by atoms with Crippen LogP contribution < -0.4 is 4.90 Å². The molecule has 5 heteroatoms. The van der Waals surface area contributed by atoms with Gasteiger partial charge in [0.15, 0.2) is 0 Å². The average molecular weight is 263 g/mol. The molecule has 1 N–H and O–H groups in total. The second kappa shape index (κ2) is 5.31. The van der Waals surface area contributed by atoms with Crippen molar-refractivity contribution in [2.24, 2.45) is 0 Å². The third kappa shape index (κ3) is 2.59. The maximum absolute atomic E-state index is 7.14. The molecule has 0 spiro atoms. The molecule has 1 atom stereocenters. The number of halogens is 1. The second-order valence-corrected chi connectivity index (χ2v) is 4.70. The summed E-state index contributed by atoms with van der Waals surface area (Å²) in [5.74, 6) is 0.805. The van der Waals surface area contributed by atoms with Gasteiger partial charge in [0.25, 0.3) is 0 Å². The maximum atomic E-state index is 7.14. The number of anilines is 1. The van der Waals surface area contributed by atoms with Crippen LogP contribution in [0.5, 0.6) is 0 Å². The number of hydrogen-bond donors (Lipinski definition) is 1. The summed E-state index contributed by atoms with van der Waals surface area (Å²) in [5.41, 5.74) is 1.62. The molecule has 1 aromatic carbocycles. The molecular weight excluding hydrogens is 248 g/mol. The van der Waals surface area contributed by atoms with Crippen molar-refractivity contribution in [2.45, 2.75) is 19.4 Å². The van der Waals surface area contributed by atoms with Gasteiger partial charge in [-0.15, -0.1) is 0 Å². The molecule has 1 aromatic heterocycles. The van der Waals surface area contributed by atoms with Crippen LogP contribution in [0.25, 0.3) is 11.0 Å². The zero-order valence-electron chi connectivity index (χ0n) is 10.4. The maximum Gasteiger partial charge on any atom is 0.147 e. The zero-order chi connectivity index (χ0) is 13.1. The second-order valence-electron chi connectivity index (χ2n) is 4.26. The molecule has 0 radical (unpaired) electrons. The van der Waals surface area contributed by atoms with Crippen LogP contribution in [-0.4, -0.2) is 29.3 Å². The Morgan fingerprint density at radius 3 is 2.94 bits per heavy atom. The summed E-state index contributed by atoms with van der Waals surface area (Å²) in [7, 11) is 1.96. The quantitative estimate of drug-likeness (QED) is 0.861. The van der Waals surface area contributed by atoms with Crippen LogP contribution in [-0.2, 0) is 0 Å². The number of rotatable bonds is 4. The number of aromatic nitrogens is 2. The summed E-state index contributed by atoms with van der Waals surface area (Å²) in [6.07, 6.45) is 3.84. The van der Waals surface area contributed by atoms with E-state index in [4.69, 9.17) is 17.0 Å². The topological polar surface area (TPSA) is 52.9 Å². The van der Waals surface area contributed by atoms with Crippen molar-refractivity contribution in [3.63, 3.8) is 0 Å². The summed E-state index contributed by atoms with van der Waals surface area (Å²) < 4.78 is 0. The minimum Gasteiger partial charge on any atom is -0.355 e. The molecule has 0 fully saturated rings. The highest BCUT2D eigenvalue weighted by Gasteiger charge is 2.11. The first-order chi connectivity index (χ1) is 8.61. The minimum absolute atomic E-state index is 0.224. The van der Waals surface area contributed by atoms with Crippen molar-refractivity contribution in [1.29, 1.82) is 5.41 Å². The Labute approximate surface area is 111 Å². The first-order valence-corrected chi connectivity index (χ1v) is 6.13. The van der Waals surface area contributed by atoms with E-state index in [1.54, 1.807) is 12.3 Å². The van der Waals surface area contributed by atoms with E-state index in [0.717, 1.165) is 16.9 Å². The van der Waals surface area contributed by atoms with Gasteiger partial charge in [0.1, 0.15) is 5.82 Å². The molecule has 0 bridgehead atoms. The third-order valence-corrected chi connectivity index (χ3v) is 3.21. The lowest BCUT2D eigenvalue weighted by atomic mass is 10.2. The molecule has 0 aliphatic rings. The molecule has 0 aliphatic carbocycles. The molecule has 0 unspecified atom stereocenters. The van der Waals surface area contributed by atoms with Gasteiger partial charge >= 0.3 is 0 Å². The van der Waals surface area contributed by atoms with Crippen LogP contribution in [0.2, 0.25) is 5.02 Å². The monoisotopic (exact) mass is 262 g/mol. The molecule has 0 aliphatic heterocycles. The van der Waals surface area contributed by atoms with E-state index in [0.29, 0.717) is 11.4 Å². The Morgan fingerprint density at radius 1 is 1.44 bits per heavy atom. The Kier molecular flexibility index (Phi) is 3.77. The van der Waals surface area contributed by atoms with E-state index >= 15 is 0 Å². The summed E-state index contributed by atoms with van der Waals surface area (Å²) in [4.78, 5) is 10.9. The predicted molar refractivity (Wildman–Crippen MR) is 75.8 cm³/mol. The normalized spacial score (nSPS) is 12.4. The molecule has 2 aromatic rings. The van der Waals surface area contributed by atoms with Gasteiger partial charge in [0.2, 0.25) is 0 Å².